The van der Waals surface area contributed by atoms with E-state index in [4.69, 9.17) is 0 Å². The summed E-state index contributed by atoms with van der Waals surface area (Å²) in [6.07, 6.45) is 7.76. The first-order chi connectivity index (χ1) is 8.79. The van der Waals surface area contributed by atoms with Crippen molar-refractivity contribution >= 4 is 0 Å². The summed E-state index contributed by atoms with van der Waals surface area (Å²) >= 11 is 0. The van der Waals surface area contributed by atoms with Crippen LogP contribution < -0.4 is 4.57 Å². The number of nitrogens with zero attached hydrogens (tertiary/aromatic N) is 3. The van der Waals surface area contributed by atoms with Crippen LogP contribution in [0.2, 0.25) is 0 Å². The molecule has 0 fully saturated rings. The highest BCUT2D eigenvalue weighted by Crippen LogP contribution is 2.05. The summed E-state index contributed by atoms with van der Waals surface area (Å²) in [6, 6.07) is 8.50. The Morgan fingerprint density at radius 3 is 2.83 bits per heavy atom. The largest absolute Gasteiger partial charge is 0.265 e. The van der Waals surface area contributed by atoms with E-state index < -0.39 is 0 Å². The predicted molar refractivity (Wildman–Crippen MR) is 72.2 cm³/mol. The number of hydrogen-bond acceptors (Lipinski definition) is 1. The Labute approximate surface area is 109 Å². The molecule has 0 bridgehead atoms. The molecule has 0 aliphatic rings. The molecule has 0 unspecified atom stereocenters. The normalized spacial score (nSPS) is 10.8. The van der Waals surface area contributed by atoms with Gasteiger partial charge in [-0.25, -0.2) is 4.57 Å². The molecule has 0 N–H and O–H groups in total. The van der Waals surface area contributed by atoms with Crippen molar-refractivity contribution in [2.75, 3.05) is 0 Å². The Kier molecular flexibility index (Phi) is 4.51. The summed E-state index contributed by atoms with van der Waals surface area (Å²) in [7, 11) is 0. The van der Waals surface area contributed by atoms with Gasteiger partial charge >= 0.3 is 0 Å². The molecule has 2 rings (SSSR count). The highest BCUT2D eigenvalue weighted by atomic mass is 15.3. The number of unbranched alkanes of at least 4 members (excludes halogenated alkanes) is 2. The van der Waals surface area contributed by atoms with Gasteiger partial charge in [-0.2, -0.15) is 0 Å². The second kappa shape index (κ2) is 6.34. The van der Waals surface area contributed by atoms with Gasteiger partial charge in [0.25, 0.3) is 6.33 Å². The molecule has 96 valence electrons. The third-order valence-electron chi connectivity index (χ3n) is 3.23. The molecule has 1 aromatic carbocycles. The van der Waals surface area contributed by atoms with E-state index in [2.05, 4.69) is 54.1 Å². The molecule has 0 aliphatic heterocycles. The van der Waals surface area contributed by atoms with Crippen molar-refractivity contribution in [1.82, 2.24) is 9.78 Å². The second-order valence-electron chi connectivity index (χ2n) is 4.82. The number of benzene rings is 1. The third kappa shape index (κ3) is 3.42. The smallest absolute Gasteiger partial charge is 0.233 e. The number of rotatable bonds is 6. The van der Waals surface area contributed by atoms with Crippen molar-refractivity contribution in [3.05, 3.63) is 48.0 Å². The maximum atomic E-state index is 4.39. The van der Waals surface area contributed by atoms with Crippen LogP contribution in [0.4, 0.5) is 0 Å². The molecule has 1 heterocycles. The average molecular weight is 244 g/mol. The first-order valence-electron chi connectivity index (χ1n) is 6.75. The maximum Gasteiger partial charge on any atom is 0.265 e. The molecule has 0 atom stereocenters. The highest BCUT2D eigenvalue weighted by Gasteiger charge is 2.07. The zero-order valence-corrected chi connectivity index (χ0v) is 11.3. The summed E-state index contributed by atoms with van der Waals surface area (Å²) in [5.41, 5.74) is 2.69. The first kappa shape index (κ1) is 12.8. The van der Waals surface area contributed by atoms with Gasteiger partial charge in [-0.3, -0.25) is 0 Å². The quantitative estimate of drug-likeness (QED) is 0.565. The van der Waals surface area contributed by atoms with Gasteiger partial charge in [0.2, 0.25) is 6.33 Å². The van der Waals surface area contributed by atoms with E-state index in [0.29, 0.717) is 0 Å². The van der Waals surface area contributed by atoms with Gasteiger partial charge < -0.3 is 0 Å². The summed E-state index contributed by atoms with van der Waals surface area (Å²) in [6.45, 7) is 6.30. The lowest BCUT2D eigenvalue weighted by Gasteiger charge is -2.01. The lowest BCUT2D eigenvalue weighted by atomic mass is 10.1. The van der Waals surface area contributed by atoms with Gasteiger partial charge in [-0.15, -0.1) is 4.68 Å². The molecular weight excluding hydrogens is 222 g/mol. The first-order valence-corrected chi connectivity index (χ1v) is 6.75. The molecule has 3 nitrogen and oxygen atoms in total. The van der Waals surface area contributed by atoms with E-state index in [9.17, 15) is 0 Å². The molecular formula is C15H22N3+. The molecule has 0 aliphatic carbocycles. The van der Waals surface area contributed by atoms with Gasteiger partial charge in [0.05, 0.1) is 6.54 Å². The summed E-state index contributed by atoms with van der Waals surface area (Å²) in [5, 5.41) is 4.39. The molecule has 0 radical (unpaired) electrons. The average Bonchev–Trinajstić information content (AvgIpc) is 2.80. The van der Waals surface area contributed by atoms with Crippen molar-refractivity contribution in [1.29, 1.82) is 0 Å². The Bertz CT molecular complexity index is 488. The van der Waals surface area contributed by atoms with E-state index in [1.54, 1.807) is 0 Å². The summed E-state index contributed by atoms with van der Waals surface area (Å²) in [5.74, 6) is 0. The van der Waals surface area contributed by atoms with Gasteiger partial charge in [0.15, 0.2) is 0 Å². The second-order valence-corrected chi connectivity index (χ2v) is 4.82. The number of aryl methyl sites for hydroxylation is 2. The van der Waals surface area contributed by atoms with Crippen LogP contribution in [0.3, 0.4) is 0 Å². The third-order valence-corrected chi connectivity index (χ3v) is 3.23. The van der Waals surface area contributed by atoms with Crippen LogP contribution in [0.25, 0.3) is 0 Å². The fraction of sp³-hybridized carbons (Fsp3) is 0.467. The summed E-state index contributed by atoms with van der Waals surface area (Å²) in [4.78, 5) is 0. The SMILES string of the molecule is CCCCCn1c[n+](Cc2ccccc2C)cn1. The molecule has 0 saturated carbocycles. The number of hydrogen-bond donors (Lipinski definition) is 0. The van der Waals surface area contributed by atoms with Crippen LogP contribution in [-0.4, -0.2) is 9.78 Å². The lowest BCUT2D eigenvalue weighted by molar-refractivity contribution is -0.689. The fourth-order valence-electron chi connectivity index (χ4n) is 2.07. The lowest BCUT2D eigenvalue weighted by Crippen LogP contribution is -2.32. The van der Waals surface area contributed by atoms with Crippen molar-refractivity contribution in [2.45, 2.75) is 46.2 Å². The predicted octanol–water partition coefficient (Wildman–Crippen LogP) is 2.72. The molecule has 0 saturated heterocycles. The molecule has 18 heavy (non-hydrogen) atoms. The van der Waals surface area contributed by atoms with Crippen LogP contribution in [0, 0.1) is 6.92 Å². The van der Waals surface area contributed by atoms with Crippen LogP contribution >= 0.6 is 0 Å². The topological polar surface area (TPSA) is 21.7 Å². The minimum absolute atomic E-state index is 0.903. The Balaban J connectivity index is 1.96. The van der Waals surface area contributed by atoms with Gasteiger partial charge in [-0.05, 0) is 24.5 Å². The minimum atomic E-state index is 0.903. The Morgan fingerprint density at radius 1 is 1.22 bits per heavy atom. The van der Waals surface area contributed by atoms with Crippen molar-refractivity contribution in [3.8, 4) is 0 Å². The van der Waals surface area contributed by atoms with E-state index >= 15 is 0 Å². The number of aromatic nitrogens is 3. The van der Waals surface area contributed by atoms with Crippen molar-refractivity contribution in [3.63, 3.8) is 0 Å². The van der Waals surface area contributed by atoms with Crippen LogP contribution in [0.1, 0.15) is 37.3 Å². The zero-order valence-electron chi connectivity index (χ0n) is 11.3. The minimum Gasteiger partial charge on any atom is -0.233 e. The van der Waals surface area contributed by atoms with E-state index in [-0.39, 0.29) is 0 Å². The van der Waals surface area contributed by atoms with Crippen LogP contribution in [-0.2, 0) is 13.1 Å². The van der Waals surface area contributed by atoms with E-state index in [1.807, 2.05) is 11.0 Å². The van der Waals surface area contributed by atoms with E-state index in [1.165, 1.54) is 30.4 Å². The van der Waals surface area contributed by atoms with Crippen LogP contribution in [0.15, 0.2) is 36.9 Å². The molecule has 2 aromatic rings. The van der Waals surface area contributed by atoms with Crippen molar-refractivity contribution in [2.24, 2.45) is 0 Å². The van der Waals surface area contributed by atoms with E-state index in [0.717, 1.165) is 13.1 Å². The molecule has 0 amide bonds. The van der Waals surface area contributed by atoms with Gasteiger partial charge in [0.1, 0.15) is 6.54 Å². The Hall–Kier alpha value is -1.64. The van der Waals surface area contributed by atoms with Gasteiger partial charge in [-0.1, -0.05) is 44.0 Å². The molecule has 1 aromatic heterocycles. The standard InChI is InChI=1S/C15H22N3/c1-3-4-7-10-18-13-17(12-16-18)11-15-9-6-5-8-14(15)2/h5-6,8-9,12-13H,3-4,7,10-11H2,1-2H3/q+1. The maximum absolute atomic E-state index is 4.39. The van der Waals surface area contributed by atoms with Crippen LogP contribution in [0.5, 0.6) is 0 Å². The summed E-state index contributed by atoms with van der Waals surface area (Å²) < 4.78 is 4.18. The fourth-order valence-corrected chi connectivity index (χ4v) is 2.07. The zero-order chi connectivity index (χ0) is 12.8. The van der Waals surface area contributed by atoms with Gasteiger partial charge in [0, 0.05) is 5.10 Å². The monoisotopic (exact) mass is 244 g/mol. The molecule has 3 heteroatoms. The van der Waals surface area contributed by atoms with Crippen molar-refractivity contribution < 1.29 is 4.57 Å². The molecule has 0 spiro atoms. The highest BCUT2D eigenvalue weighted by molar-refractivity contribution is 5.24. The Morgan fingerprint density at radius 2 is 2.06 bits per heavy atom.